The molecule has 2 aromatic heterocycles. The van der Waals surface area contributed by atoms with Gasteiger partial charge in [0.25, 0.3) is 0 Å². The van der Waals surface area contributed by atoms with Crippen LogP contribution >= 0.6 is 23.6 Å². The number of ketones is 1. The molecule has 0 spiro atoms. The molecule has 3 atom stereocenters. The normalized spacial score (nSPS) is 24.0. The topological polar surface area (TPSA) is 78.3 Å². The summed E-state index contributed by atoms with van der Waals surface area (Å²) in [6.07, 6.45) is 0.313. The highest BCUT2D eigenvalue weighted by Crippen LogP contribution is 2.46. The number of aryl methyl sites for hydroxylation is 2. The van der Waals surface area contributed by atoms with Crippen LogP contribution in [0, 0.1) is 17.8 Å². The van der Waals surface area contributed by atoms with Crippen LogP contribution in [-0.4, -0.2) is 53.3 Å². The van der Waals surface area contributed by atoms with Crippen molar-refractivity contribution in [2.24, 2.45) is 24.8 Å². The Morgan fingerprint density at radius 2 is 1.98 bits per heavy atom. The number of carbonyl (C=O) groups is 1. The summed E-state index contributed by atoms with van der Waals surface area (Å²) < 4.78 is 98.4. The van der Waals surface area contributed by atoms with Gasteiger partial charge >= 0.3 is 6.61 Å². The molecule has 3 aliphatic rings. The SMILES string of the molecule is Cn1nc(OC(F)F)cc1CC(=S)C[C@H]1CCc2sc(CC(=O)[C@H]3C[C@@H]3F)c(S(=O)(=O)CC3CC(F)(F)C3)c2C1. The number of alkyl halides is 5. The fraction of sp³-hybridized carbons (Fsp3) is 0.654. The van der Waals surface area contributed by atoms with Crippen LogP contribution in [0.4, 0.5) is 22.0 Å². The molecule has 2 fully saturated rings. The number of hydrogen-bond donors (Lipinski definition) is 0. The molecule has 220 valence electrons. The zero-order valence-electron chi connectivity index (χ0n) is 21.7. The molecule has 2 aromatic rings. The minimum atomic E-state index is -3.97. The van der Waals surface area contributed by atoms with Crippen molar-refractivity contribution in [1.82, 2.24) is 9.78 Å². The minimum absolute atomic E-state index is 0.00352. The lowest BCUT2D eigenvalue weighted by molar-refractivity contribution is -0.120. The fourth-order valence-electron chi connectivity index (χ4n) is 5.81. The van der Waals surface area contributed by atoms with Gasteiger partial charge in [-0.3, -0.25) is 9.48 Å². The van der Waals surface area contributed by atoms with Crippen LogP contribution in [0.25, 0.3) is 0 Å². The molecule has 2 heterocycles. The van der Waals surface area contributed by atoms with E-state index in [-0.39, 0.29) is 35.3 Å². The van der Waals surface area contributed by atoms with Crippen LogP contribution in [0.15, 0.2) is 11.0 Å². The van der Waals surface area contributed by atoms with E-state index >= 15 is 0 Å². The Hall–Kier alpha value is -1.93. The smallest absolute Gasteiger partial charge is 0.388 e. The molecule has 0 N–H and O–H groups in total. The average molecular weight is 625 g/mol. The number of thiophene rings is 1. The lowest BCUT2D eigenvalue weighted by Crippen LogP contribution is -2.39. The Labute approximate surface area is 238 Å². The number of sulfone groups is 1. The first-order chi connectivity index (χ1) is 18.7. The summed E-state index contributed by atoms with van der Waals surface area (Å²) >= 11 is 6.85. The zero-order chi connectivity index (χ0) is 29.0. The molecule has 40 heavy (non-hydrogen) atoms. The molecule has 14 heteroatoms. The van der Waals surface area contributed by atoms with Gasteiger partial charge < -0.3 is 4.74 Å². The third-order valence-electron chi connectivity index (χ3n) is 7.84. The highest BCUT2D eigenvalue weighted by Gasteiger charge is 2.48. The van der Waals surface area contributed by atoms with Crippen LogP contribution in [0.2, 0.25) is 0 Å². The van der Waals surface area contributed by atoms with Crippen LogP contribution in [0.1, 0.15) is 53.1 Å². The molecule has 0 aromatic carbocycles. The van der Waals surface area contributed by atoms with E-state index in [1.807, 2.05) is 0 Å². The first-order valence-corrected chi connectivity index (χ1v) is 16.0. The van der Waals surface area contributed by atoms with Gasteiger partial charge in [-0.2, -0.15) is 8.78 Å². The van der Waals surface area contributed by atoms with E-state index in [0.29, 0.717) is 46.7 Å². The van der Waals surface area contributed by atoms with Crippen molar-refractivity contribution in [3.05, 3.63) is 27.1 Å². The number of hydrogen-bond acceptors (Lipinski definition) is 7. The number of carbonyl (C=O) groups excluding carboxylic acids is 1. The van der Waals surface area contributed by atoms with Gasteiger partial charge in [0.05, 0.1) is 16.6 Å². The van der Waals surface area contributed by atoms with Gasteiger partial charge in [0.1, 0.15) is 12.0 Å². The highest BCUT2D eigenvalue weighted by molar-refractivity contribution is 7.91. The number of aromatic nitrogens is 2. The molecule has 0 aliphatic heterocycles. The summed E-state index contributed by atoms with van der Waals surface area (Å²) in [7, 11) is -2.37. The lowest BCUT2D eigenvalue weighted by Gasteiger charge is -2.34. The largest absolute Gasteiger partial charge is 0.415 e. The second kappa shape index (κ2) is 11.0. The standard InChI is InChI=1S/C26H29F5N2O4S3/c1-33-15(7-23(32-33)37-25(28)29)6-16(38)4-13-2-3-21-18(5-13)24(22(39-21)9-20(34)17-8-19(17)27)40(35,36)12-14-10-26(30,31)11-14/h7,13-14,17,19,25H,2-6,8-12H2,1H3/t13-,17+,19+/m1/s1. The molecule has 0 unspecified atom stereocenters. The molecule has 2 saturated carbocycles. The number of fused-ring (bicyclic) bond motifs is 1. The van der Waals surface area contributed by atoms with Crippen LogP contribution in [-0.2, 0) is 47.4 Å². The van der Waals surface area contributed by atoms with Crippen molar-refractivity contribution in [1.29, 1.82) is 0 Å². The van der Waals surface area contributed by atoms with E-state index in [0.717, 1.165) is 11.3 Å². The third kappa shape index (κ3) is 6.59. The maximum atomic E-state index is 13.6. The number of halogens is 5. The van der Waals surface area contributed by atoms with E-state index in [1.54, 1.807) is 7.05 Å². The van der Waals surface area contributed by atoms with Gasteiger partial charge in [-0.05, 0) is 54.4 Å². The monoisotopic (exact) mass is 624 g/mol. The van der Waals surface area contributed by atoms with Gasteiger partial charge in [-0.15, -0.1) is 16.4 Å². The van der Waals surface area contributed by atoms with Gasteiger partial charge in [0.15, 0.2) is 9.84 Å². The molecule has 5 rings (SSSR count). The number of Topliss-reactive ketones (excluding diaryl/α,β-unsaturated/α-hetero) is 1. The Morgan fingerprint density at radius 1 is 1.27 bits per heavy atom. The molecule has 6 nitrogen and oxygen atoms in total. The molecule has 0 radical (unpaired) electrons. The first-order valence-electron chi connectivity index (χ1n) is 13.1. The minimum Gasteiger partial charge on any atom is -0.415 e. The number of ether oxygens (including phenoxy) is 1. The fourth-order valence-corrected chi connectivity index (χ4v) is 10.0. The van der Waals surface area contributed by atoms with E-state index < -0.39 is 59.0 Å². The zero-order valence-corrected chi connectivity index (χ0v) is 24.1. The molecule has 0 amide bonds. The van der Waals surface area contributed by atoms with Gasteiger partial charge in [-0.1, -0.05) is 12.2 Å². The average Bonchev–Trinajstić information content (AvgIpc) is 3.29. The lowest BCUT2D eigenvalue weighted by atomic mass is 9.83. The maximum absolute atomic E-state index is 13.6. The molecule has 0 bridgehead atoms. The van der Waals surface area contributed by atoms with Gasteiger partial charge in [0, 0.05) is 54.2 Å². The van der Waals surface area contributed by atoms with Crippen molar-refractivity contribution in [3.8, 4) is 5.88 Å². The Kier molecular flexibility index (Phi) is 8.16. The van der Waals surface area contributed by atoms with Crippen molar-refractivity contribution in [3.63, 3.8) is 0 Å². The summed E-state index contributed by atoms with van der Waals surface area (Å²) in [5.41, 5.74) is 1.22. The molecule has 3 aliphatic carbocycles. The van der Waals surface area contributed by atoms with E-state index in [9.17, 15) is 35.2 Å². The highest BCUT2D eigenvalue weighted by atomic mass is 32.2. The maximum Gasteiger partial charge on any atom is 0.388 e. The van der Waals surface area contributed by atoms with Crippen LogP contribution in [0.3, 0.4) is 0 Å². The van der Waals surface area contributed by atoms with Crippen molar-refractivity contribution >= 4 is 44.0 Å². The van der Waals surface area contributed by atoms with E-state index in [1.165, 1.54) is 22.1 Å². The Morgan fingerprint density at radius 3 is 2.60 bits per heavy atom. The third-order valence-corrected chi connectivity index (χ3v) is 11.6. The van der Waals surface area contributed by atoms with Crippen molar-refractivity contribution in [2.75, 3.05) is 5.75 Å². The van der Waals surface area contributed by atoms with Crippen molar-refractivity contribution in [2.45, 2.75) is 81.4 Å². The van der Waals surface area contributed by atoms with E-state index in [2.05, 4.69) is 9.84 Å². The second-order valence-corrected chi connectivity index (χ2v) is 14.9. The predicted molar refractivity (Wildman–Crippen MR) is 142 cm³/mol. The Bertz CT molecular complexity index is 1410. The van der Waals surface area contributed by atoms with Crippen LogP contribution in [0.5, 0.6) is 5.88 Å². The molecule has 0 saturated heterocycles. The van der Waals surface area contributed by atoms with Crippen molar-refractivity contribution < 1.29 is 39.9 Å². The second-order valence-electron chi connectivity index (χ2n) is 11.2. The first kappa shape index (κ1) is 29.6. The summed E-state index contributed by atoms with van der Waals surface area (Å²) in [6.45, 7) is -2.99. The summed E-state index contributed by atoms with van der Waals surface area (Å²) in [5, 5.41) is 3.90. The van der Waals surface area contributed by atoms with E-state index in [4.69, 9.17) is 12.2 Å². The van der Waals surface area contributed by atoms with Gasteiger partial charge in [0.2, 0.25) is 11.8 Å². The predicted octanol–water partition coefficient (Wildman–Crippen LogP) is 5.48. The quantitative estimate of drug-likeness (QED) is 0.230. The summed E-state index contributed by atoms with van der Waals surface area (Å²) in [5.74, 6) is -5.15. The summed E-state index contributed by atoms with van der Waals surface area (Å²) in [6, 6.07) is 1.40. The number of nitrogens with zero attached hydrogens (tertiary/aromatic N) is 2. The summed E-state index contributed by atoms with van der Waals surface area (Å²) in [4.78, 5) is 14.6. The van der Waals surface area contributed by atoms with Crippen LogP contribution < -0.4 is 4.74 Å². The number of thiocarbonyl (C=S) groups is 1. The molecular weight excluding hydrogens is 595 g/mol. The van der Waals surface area contributed by atoms with Gasteiger partial charge in [-0.25, -0.2) is 21.6 Å². The Balaban J connectivity index is 1.33. The number of rotatable bonds is 12. The molecular formula is C26H29F5N2O4S3.